The molecule has 0 saturated heterocycles. The van der Waals surface area contributed by atoms with Crippen molar-refractivity contribution in [3.8, 4) is 0 Å². The Kier molecular flexibility index (Phi) is 4.65. The zero-order chi connectivity index (χ0) is 17.1. The molecule has 0 aromatic heterocycles. The number of alkyl halides is 3. The molecule has 0 spiro atoms. The zero-order valence-corrected chi connectivity index (χ0v) is 12.5. The average Bonchev–Trinajstić information content (AvgIpc) is 2.47. The standard InChI is InChI=1S/C15H13F3N2O2S/c16-15(17,18)12-3-1-2-11(10-12)8-9-23(21,22)20-14-6-4-13(19)5-7-14/h1-10,20H,19H2/b9-8+. The van der Waals surface area contributed by atoms with Crippen molar-refractivity contribution in [2.45, 2.75) is 6.18 Å². The lowest BCUT2D eigenvalue weighted by Crippen LogP contribution is -2.08. The Morgan fingerprint density at radius 1 is 1.04 bits per heavy atom. The van der Waals surface area contributed by atoms with Crippen molar-refractivity contribution in [1.82, 2.24) is 0 Å². The number of nitrogens with one attached hydrogen (secondary N) is 1. The van der Waals surface area contributed by atoms with E-state index in [1.165, 1.54) is 36.4 Å². The normalized spacial score (nSPS) is 12.5. The van der Waals surface area contributed by atoms with E-state index in [9.17, 15) is 21.6 Å². The summed E-state index contributed by atoms with van der Waals surface area (Å²) in [5, 5.41) is 0.804. The number of hydrogen-bond acceptors (Lipinski definition) is 3. The second kappa shape index (κ2) is 6.33. The van der Waals surface area contributed by atoms with Crippen LogP contribution in [-0.2, 0) is 16.2 Å². The number of benzene rings is 2. The van der Waals surface area contributed by atoms with Crippen LogP contribution < -0.4 is 10.5 Å². The van der Waals surface area contributed by atoms with Crippen LogP contribution in [0, 0.1) is 0 Å². The van der Waals surface area contributed by atoms with Gasteiger partial charge in [0.1, 0.15) is 0 Å². The molecule has 0 aliphatic carbocycles. The van der Waals surface area contributed by atoms with Gasteiger partial charge in [0.05, 0.1) is 11.0 Å². The minimum atomic E-state index is -4.48. The maximum absolute atomic E-state index is 12.6. The first kappa shape index (κ1) is 16.9. The summed E-state index contributed by atoms with van der Waals surface area (Å²) in [5.41, 5.74) is 5.55. The zero-order valence-electron chi connectivity index (χ0n) is 11.7. The third-order valence-corrected chi connectivity index (χ3v) is 3.84. The molecule has 0 amide bonds. The number of nitrogens with two attached hydrogens (primary N) is 1. The SMILES string of the molecule is Nc1ccc(NS(=O)(=O)/C=C/c2cccc(C(F)(F)F)c2)cc1. The van der Waals surface area contributed by atoms with Crippen LogP contribution in [0.2, 0.25) is 0 Å². The molecule has 8 heteroatoms. The van der Waals surface area contributed by atoms with Gasteiger partial charge in [0, 0.05) is 11.4 Å². The number of sulfonamides is 1. The van der Waals surface area contributed by atoms with Gasteiger partial charge >= 0.3 is 6.18 Å². The van der Waals surface area contributed by atoms with Gasteiger partial charge in [0.25, 0.3) is 10.0 Å². The van der Waals surface area contributed by atoms with Crippen LogP contribution in [0.4, 0.5) is 24.5 Å². The third-order valence-electron chi connectivity index (χ3n) is 2.82. The summed E-state index contributed by atoms with van der Waals surface area (Å²) in [5.74, 6) is 0. The van der Waals surface area contributed by atoms with E-state index in [0.29, 0.717) is 11.4 Å². The number of hydrogen-bond donors (Lipinski definition) is 2. The highest BCUT2D eigenvalue weighted by atomic mass is 32.2. The Balaban J connectivity index is 2.17. The molecule has 0 heterocycles. The minimum absolute atomic E-state index is 0.127. The molecule has 0 bridgehead atoms. The smallest absolute Gasteiger partial charge is 0.399 e. The van der Waals surface area contributed by atoms with E-state index in [-0.39, 0.29) is 5.56 Å². The predicted molar refractivity (Wildman–Crippen MR) is 83.9 cm³/mol. The molecular weight excluding hydrogens is 329 g/mol. The fourth-order valence-electron chi connectivity index (χ4n) is 1.74. The molecule has 0 saturated carbocycles. The highest BCUT2D eigenvalue weighted by Crippen LogP contribution is 2.29. The number of anilines is 2. The Morgan fingerprint density at radius 2 is 1.70 bits per heavy atom. The van der Waals surface area contributed by atoms with Gasteiger partial charge in [-0.15, -0.1) is 0 Å². The van der Waals surface area contributed by atoms with Crippen LogP contribution in [0.5, 0.6) is 0 Å². The van der Waals surface area contributed by atoms with Crippen molar-refractivity contribution in [3.63, 3.8) is 0 Å². The van der Waals surface area contributed by atoms with E-state index >= 15 is 0 Å². The lowest BCUT2D eigenvalue weighted by Gasteiger charge is -2.07. The first-order valence-electron chi connectivity index (χ1n) is 6.39. The number of rotatable bonds is 4. The van der Waals surface area contributed by atoms with Crippen LogP contribution in [0.25, 0.3) is 6.08 Å². The minimum Gasteiger partial charge on any atom is -0.399 e. The summed E-state index contributed by atoms with van der Waals surface area (Å²) in [4.78, 5) is 0. The van der Waals surface area contributed by atoms with E-state index in [1.54, 1.807) is 0 Å². The van der Waals surface area contributed by atoms with Crippen LogP contribution >= 0.6 is 0 Å². The van der Waals surface area contributed by atoms with Crippen molar-refractivity contribution in [2.75, 3.05) is 10.5 Å². The lowest BCUT2D eigenvalue weighted by molar-refractivity contribution is -0.137. The predicted octanol–water partition coefficient (Wildman–Crippen LogP) is 3.70. The van der Waals surface area contributed by atoms with Crippen molar-refractivity contribution in [3.05, 3.63) is 65.1 Å². The Bertz CT molecular complexity index is 813. The molecule has 0 aliphatic rings. The first-order chi connectivity index (χ1) is 10.7. The van der Waals surface area contributed by atoms with Crippen molar-refractivity contribution in [2.24, 2.45) is 0 Å². The second-order valence-corrected chi connectivity index (χ2v) is 6.26. The highest BCUT2D eigenvalue weighted by molar-refractivity contribution is 7.95. The van der Waals surface area contributed by atoms with Crippen LogP contribution in [0.15, 0.2) is 53.9 Å². The van der Waals surface area contributed by atoms with E-state index in [4.69, 9.17) is 5.73 Å². The molecular formula is C15H13F3N2O2S. The molecule has 3 N–H and O–H groups in total. The third kappa shape index (κ3) is 5.03. The largest absolute Gasteiger partial charge is 0.416 e. The first-order valence-corrected chi connectivity index (χ1v) is 7.94. The van der Waals surface area contributed by atoms with Crippen LogP contribution in [-0.4, -0.2) is 8.42 Å². The summed E-state index contributed by atoms with van der Waals surface area (Å²) in [6, 6.07) is 10.4. The van der Waals surface area contributed by atoms with E-state index < -0.39 is 21.8 Å². The lowest BCUT2D eigenvalue weighted by atomic mass is 10.1. The van der Waals surface area contributed by atoms with Gasteiger partial charge in [-0.2, -0.15) is 13.2 Å². The molecule has 0 aliphatic heterocycles. The summed E-state index contributed by atoms with van der Waals surface area (Å²) in [6.45, 7) is 0. The monoisotopic (exact) mass is 342 g/mol. The Morgan fingerprint density at radius 3 is 2.30 bits per heavy atom. The summed E-state index contributed by atoms with van der Waals surface area (Å²) >= 11 is 0. The topological polar surface area (TPSA) is 72.2 Å². The molecule has 4 nitrogen and oxygen atoms in total. The highest BCUT2D eigenvalue weighted by Gasteiger charge is 2.30. The molecule has 2 aromatic carbocycles. The van der Waals surface area contributed by atoms with E-state index in [0.717, 1.165) is 23.6 Å². The summed E-state index contributed by atoms with van der Waals surface area (Å²) in [7, 11) is -3.85. The van der Waals surface area contributed by atoms with Crippen molar-refractivity contribution >= 4 is 27.5 Å². The summed E-state index contributed by atoms with van der Waals surface area (Å²) < 4.78 is 63.8. The molecule has 0 atom stereocenters. The van der Waals surface area contributed by atoms with Gasteiger partial charge < -0.3 is 5.73 Å². The average molecular weight is 342 g/mol. The second-order valence-electron chi connectivity index (χ2n) is 4.70. The fourth-order valence-corrected chi connectivity index (χ4v) is 2.61. The molecule has 2 rings (SSSR count). The maximum Gasteiger partial charge on any atom is 0.416 e. The van der Waals surface area contributed by atoms with Crippen LogP contribution in [0.3, 0.4) is 0 Å². The van der Waals surface area contributed by atoms with Gasteiger partial charge in [-0.25, -0.2) is 8.42 Å². The number of nitrogen functional groups attached to an aromatic ring is 1. The van der Waals surface area contributed by atoms with Gasteiger partial charge in [0.15, 0.2) is 0 Å². The van der Waals surface area contributed by atoms with Crippen molar-refractivity contribution < 1.29 is 21.6 Å². The molecule has 0 unspecified atom stereocenters. The Hall–Kier alpha value is -2.48. The molecule has 2 aromatic rings. The molecule has 23 heavy (non-hydrogen) atoms. The van der Waals surface area contributed by atoms with Gasteiger partial charge in [-0.1, -0.05) is 12.1 Å². The van der Waals surface area contributed by atoms with E-state index in [1.807, 2.05) is 0 Å². The number of halogens is 3. The Labute approximate surface area is 131 Å². The van der Waals surface area contributed by atoms with Crippen molar-refractivity contribution in [1.29, 1.82) is 0 Å². The van der Waals surface area contributed by atoms with Gasteiger partial charge in [-0.05, 0) is 48.0 Å². The fraction of sp³-hybridized carbons (Fsp3) is 0.0667. The molecule has 0 radical (unpaired) electrons. The van der Waals surface area contributed by atoms with E-state index in [2.05, 4.69) is 4.72 Å². The quantitative estimate of drug-likeness (QED) is 0.832. The maximum atomic E-state index is 12.6. The summed E-state index contributed by atoms with van der Waals surface area (Å²) in [6.07, 6.45) is -3.39. The molecule has 122 valence electrons. The van der Waals surface area contributed by atoms with Crippen LogP contribution in [0.1, 0.15) is 11.1 Å². The van der Waals surface area contributed by atoms with Gasteiger partial charge in [-0.3, -0.25) is 4.72 Å². The van der Waals surface area contributed by atoms with Gasteiger partial charge in [0.2, 0.25) is 0 Å². The molecule has 0 fully saturated rings.